The molecule has 300 valence electrons. The molecule has 0 radical (unpaired) electrons. The van der Waals surface area contributed by atoms with Gasteiger partial charge in [0.05, 0.1) is 28.7 Å². The maximum Gasteiger partial charge on any atom is 0.159 e. The lowest BCUT2D eigenvalue weighted by molar-refractivity contribution is 0.418. The second-order valence-corrected chi connectivity index (χ2v) is 17.6. The fourth-order valence-electron chi connectivity index (χ4n) is 10.1. The van der Waals surface area contributed by atoms with E-state index in [1.165, 1.54) is 49.0 Å². The van der Waals surface area contributed by atoms with Gasteiger partial charge in [-0.25, -0.2) is 0 Å². The van der Waals surface area contributed by atoms with Crippen molar-refractivity contribution in [2.24, 2.45) is 0 Å². The second kappa shape index (κ2) is 14.1. The van der Waals surface area contributed by atoms with Crippen LogP contribution >= 0.6 is 0 Å². The molecule has 0 amide bonds. The zero-order valence-corrected chi connectivity index (χ0v) is 35.4. The van der Waals surface area contributed by atoms with Crippen molar-refractivity contribution in [3.05, 3.63) is 204 Å². The molecule has 1 unspecified atom stereocenters. The van der Waals surface area contributed by atoms with Crippen LogP contribution in [0, 0.1) is 0 Å². The molecule has 0 spiro atoms. The van der Waals surface area contributed by atoms with Crippen molar-refractivity contribution in [1.29, 1.82) is 0 Å². The molecule has 10 aromatic rings. The SMILES string of the molecule is CC(C)c1ccc(N(C2=C3Oc4ccccc4C3CC=C2)c2ccc3ccc4c(N(c5ccc(C(C)C)cc5)c5cccc6c5oc5ccccc56)ccc5ccc2c3c54)cc1. The van der Waals surface area contributed by atoms with Crippen LogP contribution in [0.4, 0.5) is 28.4 Å². The molecule has 2 aliphatic rings. The Hall–Kier alpha value is -7.30. The summed E-state index contributed by atoms with van der Waals surface area (Å²) in [6, 6.07) is 60.0. The van der Waals surface area contributed by atoms with Gasteiger partial charge in [0.1, 0.15) is 17.1 Å². The summed E-state index contributed by atoms with van der Waals surface area (Å²) in [5.74, 6) is 2.99. The van der Waals surface area contributed by atoms with Gasteiger partial charge < -0.3 is 19.0 Å². The normalized spacial score (nSPS) is 14.8. The van der Waals surface area contributed by atoms with Crippen molar-refractivity contribution in [1.82, 2.24) is 0 Å². The number of hydrogen-bond donors (Lipinski definition) is 0. The van der Waals surface area contributed by atoms with Gasteiger partial charge in [-0.1, -0.05) is 143 Å². The third-order valence-electron chi connectivity index (χ3n) is 13.3. The van der Waals surface area contributed by atoms with E-state index in [0.29, 0.717) is 11.8 Å². The van der Waals surface area contributed by atoms with Crippen LogP contribution in [0.25, 0.3) is 54.3 Å². The minimum absolute atomic E-state index is 0.169. The fourth-order valence-corrected chi connectivity index (χ4v) is 10.1. The Kier molecular flexibility index (Phi) is 8.33. The number of nitrogens with zero attached hydrogens (tertiary/aromatic N) is 2. The summed E-state index contributed by atoms with van der Waals surface area (Å²) in [7, 11) is 0. The molecule has 62 heavy (non-hydrogen) atoms. The van der Waals surface area contributed by atoms with Crippen LogP contribution in [-0.2, 0) is 0 Å². The van der Waals surface area contributed by atoms with Crippen molar-refractivity contribution >= 4 is 82.7 Å². The first-order chi connectivity index (χ1) is 30.4. The van der Waals surface area contributed by atoms with Gasteiger partial charge >= 0.3 is 0 Å². The number of hydrogen-bond acceptors (Lipinski definition) is 4. The highest BCUT2D eigenvalue weighted by atomic mass is 16.5. The third kappa shape index (κ3) is 5.59. The number of furan rings is 1. The minimum Gasteiger partial charge on any atom is -0.459 e. The Morgan fingerprint density at radius 1 is 0.500 bits per heavy atom. The molecule has 1 aromatic heterocycles. The maximum absolute atomic E-state index is 6.80. The van der Waals surface area contributed by atoms with Gasteiger partial charge in [0.25, 0.3) is 0 Å². The first kappa shape index (κ1) is 36.5. The van der Waals surface area contributed by atoms with Crippen LogP contribution in [-0.4, -0.2) is 0 Å². The number of ether oxygens (including phenoxy) is 1. The van der Waals surface area contributed by atoms with Crippen molar-refractivity contribution in [2.45, 2.75) is 51.9 Å². The summed E-state index contributed by atoms with van der Waals surface area (Å²) in [6.07, 6.45) is 5.50. The predicted octanol–water partition coefficient (Wildman–Crippen LogP) is 16.7. The topological polar surface area (TPSA) is 28.9 Å². The summed E-state index contributed by atoms with van der Waals surface area (Å²) < 4.78 is 13.5. The Balaban J connectivity index is 1.10. The molecule has 0 N–H and O–H groups in total. The first-order valence-electron chi connectivity index (χ1n) is 22.0. The van der Waals surface area contributed by atoms with Gasteiger partial charge in [-0.05, 0) is 112 Å². The molecule has 4 heteroatoms. The molecule has 12 rings (SSSR count). The van der Waals surface area contributed by atoms with Gasteiger partial charge in [-0.2, -0.15) is 0 Å². The number of allylic oxidation sites excluding steroid dienone is 3. The van der Waals surface area contributed by atoms with Crippen LogP contribution in [0.5, 0.6) is 5.75 Å². The van der Waals surface area contributed by atoms with E-state index in [1.807, 2.05) is 6.07 Å². The summed E-state index contributed by atoms with van der Waals surface area (Å²) in [5.41, 5.74) is 12.1. The molecule has 1 aliphatic heterocycles. The number of para-hydroxylation sites is 3. The third-order valence-corrected chi connectivity index (χ3v) is 13.3. The van der Waals surface area contributed by atoms with Gasteiger partial charge in [-0.3, -0.25) is 0 Å². The van der Waals surface area contributed by atoms with E-state index in [-0.39, 0.29) is 5.92 Å². The van der Waals surface area contributed by atoms with E-state index in [2.05, 4.69) is 207 Å². The van der Waals surface area contributed by atoms with E-state index in [4.69, 9.17) is 9.15 Å². The van der Waals surface area contributed by atoms with E-state index in [1.54, 1.807) is 0 Å². The summed E-state index contributed by atoms with van der Waals surface area (Å²) in [5, 5.41) is 9.51. The van der Waals surface area contributed by atoms with Gasteiger partial charge in [0, 0.05) is 38.5 Å². The van der Waals surface area contributed by atoms with Crippen LogP contribution in [0.3, 0.4) is 0 Å². The lowest BCUT2D eigenvalue weighted by atomic mass is 9.89. The van der Waals surface area contributed by atoms with E-state index < -0.39 is 0 Å². The highest BCUT2D eigenvalue weighted by Crippen LogP contribution is 2.52. The standard InChI is InChI=1S/C58H46N2O2/c1-35(2)37-19-27-41(28-20-37)59(51-15-9-13-45-43-11-5-7-17-53(43)61-57(45)51)49-33-25-39-24-32-48-50(34-26-40-23-31-47(49)55(39)56(40)48)60(42-29-21-38(22-30-42)36(3)4)52-16-10-14-46-44-12-6-8-18-54(44)62-58(46)52/h5-13,15-36,46H,14H2,1-4H3. The zero-order valence-electron chi connectivity index (χ0n) is 35.4. The molecule has 2 heterocycles. The van der Waals surface area contributed by atoms with Crippen molar-refractivity contribution < 1.29 is 9.15 Å². The van der Waals surface area contributed by atoms with Crippen molar-refractivity contribution in [3.63, 3.8) is 0 Å². The van der Waals surface area contributed by atoms with Crippen LogP contribution < -0.4 is 14.5 Å². The monoisotopic (exact) mass is 802 g/mol. The Bertz CT molecular complexity index is 3420. The molecule has 0 saturated heterocycles. The summed E-state index contributed by atoms with van der Waals surface area (Å²) >= 11 is 0. The molecule has 0 bridgehead atoms. The maximum atomic E-state index is 6.80. The largest absolute Gasteiger partial charge is 0.459 e. The fraction of sp³-hybridized carbons (Fsp3) is 0.138. The number of rotatable bonds is 8. The molecule has 4 nitrogen and oxygen atoms in total. The lowest BCUT2D eigenvalue weighted by Crippen LogP contribution is -2.21. The average Bonchev–Trinajstić information content (AvgIpc) is 3.89. The van der Waals surface area contributed by atoms with Gasteiger partial charge in [0.15, 0.2) is 5.58 Å². The summed E-state index contributed by atoms with van der Waals surface area (Å²) in [4.78, 5) is 4.84. The van der Waals surface area contributed by atoms with Crippen LogP contribution in [0.1, 0.15) is 68.6 Å². The van der Waals surface area contributed by atoms with Crippen LogP contribution in [0.15, 0.2) is 192 Å². The number of anilines is 5. The summed E-state index contributed by atoms with van der Waals surface area (Å²) in [6.45, 7) is 9.00. The number of fused-ring (bicyclic) bond motifs is 6. The molecular formula is C58H46N2O2. The Morgan fingerprint density at radius 3 is 1.76 bits per heavy atom. The Morgan fingerprint density at radius 2 is 1.08 bits per heavy atom. The first-order valence-corrected chi connectivity index (χ1v) is 22.0. The van der Waals surface area contributed by atoms with E-state index >= 15 is 0 Å². The van der Waals surface area contributed by atoms with Crippen molar-refractivity contribution in [2.75, 3.05) is 9.80 Å². The predicted molar refractivity (Wildman–Crippen MR) is 259 cm³/mol. The zero-order chi connectivity index (χ0) is 41.6. The Labute approximate surface area is 361 Å². The van der Waals surface area contributed by atoms with Crippen molar-refractivity contribution in [3.8, 4) is 5.75 Å². The van der Waals surface area contributed by atoms with Gasteiger partial charge in [0.2, 0.25) is 0 Å². The lowest BCUT2D eigenvalue weighted by Gasteiger charge is -2.32. The van der Waals surface area contributed by atoms with E-state index in [9.17, 15) is 0 Å². The average molecular weight is 803 g/mol. The quantitative estimate of drug-likeness (QED) is 0.143. The highest BCUT2D eigenvalue weighted by molar-refractivity contribution is 6.28. The van der Waals surface area contributed by atoms with Gasteiger partial charge in [-0.15, -0.1) is 0 Å². The molecule has 9 aromatic carbocycles. The molecule has 1 atom stereocenters. The number of benzene rings is 9. The molecule has 0 saturated carbocycles. The minimum atomic E-state index is 0.169. The second-order valence-electron chi connectivity index (χ2n) is 17.6. The molecule has 1 aliphatic carbocycles. The smallest absolute Gasteiger partial charge is 0.159 e. The van der Waals surface area contributed by atoms with E-state index in [0.717, 1.165) is 74.0 Å². The highest BCUT2D eigenvalue weighted by Gasteiger charge is 2.35. The van der Waals surface area contributed by atoms with Crippen LogP contribution in [0.2, 0.25) is 0 Å². The molecular weight excluding hydrogens is 757 g/mol. The molecule has 0 fully saturated rings.